The molecule has 0 bridgehead atoms. The zero-order valence-corrected chi connectivity index (χ0v) is 21.5. The van der Waals surface area contributed by atoms with Gasteiger partial charge in [-0.3, -0.25) is 9.69 Å². The molecule has 0 radical (unpaired) electrons. The van der Waals surface area contributed by atoms with Crippen LogP contribution in [0, 0.1) is 6.92 Å². The Labute approximate surface area is 208 Å². The van der Waals surface area contributed by atoms with Gasteiger partial charge in [-0.2, -0.15) is 0 Å². The van der Waals surface area contributed by atoms with Crippen molar-refractivity contribution in [3.05, 3.63) is 47.0 Å². The zero-order chi connectivity index (χ0) is 24.3. The fraction of sp³-hybridized carbons (Fsp3) is 0.417. The van der Waals surface area contributed by atoms with E-state index in [0.717, 1.165) is 28.6 Å². The fourth-order valence-electron chi connectivity index (χ4n) is 3.93. The van der Waals surface area contributed by atoms with Crippen LogP contribution < -0.4 is 9.64 Å². The van der Waals surface area contributed by atoms with Crippen LogP contribution in [0.1, 0.15) is 31.2 Å². The van der Waals surface area contributed by atoms with Crippen molar-refractivity contribution in [2.24, 2.45) is 0 Å². The van der Waals surface area contributed by atoms with Crippen molar-refractivity contribution in [1.82, 2.24) is 4.98 Å². The summed E-state index contributed by atoms with van der Waals surface area (Å²) in [6.45, 7) is 2.99. The van der Waals surface area contributed by atoms with Crippen LogP contribution in [-0.2, 0) is 19.4 Å². The molecule has 0 saturated carbocycles. The Morgan fingerprint density at radius 3 is 2.71 bits per heavy atom. The Morgan fingerprint density at radius 2 is 2.03 bits per heavy atom. The normalized spacial score (nSPS) is 16.1. The Balaban J connectivity index is 1.49. The van der Waals surface area contributed by atoms with Gasteiger partial charge in [0.05, 0.1) is 40.6 Å². The largest absolute Gasteiger partial charge is 0.497 e. The molecule has 1 aliphatic heterocycles. The van der Waals surface area contributed by atoms with Crippen LogP contribution in [0.3, 0.4) is 0 Å². The van der Waals surface area contributed by atoms with E-state index in [1.807, 2.05) is 19.1 Å². The lowest BCUT2D eigenvalue weighted by Gasteiger charge is -2.23. The highest BCUT2D eigenvalue weighted by atomic mass is 35.5. The minimum absolute atomic E-state index is 0.0521. The number of thiazole rings is 1. The van der Waals surface area contributed by atoms with E-state index in [0.29, 0.717) is 29.1 Å². The predicted molar refractivity (Wildman–Crippen MR) is 135 cm³/mol. The molecule has 10 heteroatoms. The van der Waals surface area contributed by atoms with Gasteiger partial charge in [0.25, 0.3) is 0 Å². The molecule has 1 fully saturated rings. The maximum atomic E-state index is 13.3. The van der Waals surface area contributed by atoms with Gasteiger partial charge in [0.15, 0.2) is 15.0 Å². The number of carbonyl (C=O) groups is 1. The molecule has 7 nitrogen and oxygen atoms in total. The van der Waals surface area contributed by atoms with Crippen molar-refractivity contribution < 1.29 is 22.7 Å². The van der Waals surface area contributed by atoms with Gasteiger partial charge in [-0.05, 0) is 68.1 Å². The summed E-state index contributed by atoms with van der Waals surface area (Å²) in [4.78, 5) is 19.8. The number of rotatable bonds is 9. The summed E-state index contributed by atoms with van der Waals surface area (Å²) in [6.07, 6.45) is 2.10. The van der Waals surface area contributed by atoms with Crippen molar-refractivity contribution in [1.29, 1.82) is 0 Å². The Kier molecular flexibility index (Phi) is 7.77. The molecule has 0 aliphatic carbocycles. The number of halogens is 1. The summed E-state index contributed by atoms with van der Waals surface area (Å²) in [7, 11) is -1.98. The van der Waals surface area contributed by atoms with Crippen molar-refractivity contribution >= 4 is 54.0 Å². The summed E-state index contributed by atoms with van der Waals surface area (Å²) in [5.74, 6) is 0.308. The first-order chi connectivity index (χ1) is 16.3. The van der Waals surface area contributed by atoms with E-state index in [1.165, 1.54) is 30.6 Å². The molecule has 182 valence electrons. The van der Waals surface area contributed by atoms with Crippen LogP contribution in [-0.4, -0.2) is 51.4 Å². The van der Waals surface area contributed by atoms with Crippen LogP contribution in [0.5, 0.6) is 5.75 Å². The minimum atomic E-state index is -3.50. The quantitative estimate of drug-likeness (QED) is 0.391. The third kappa shape index (κ3) is 5.54. The summed E-state index contributed by atoms with van der Waals surface area (Å²) in [5.41, 5.74) is 1.65. The molecule has 1 saturated heterocycles. The third-order valence-electron chi connectivity index (χ3n) is 5.90. The number of ether oxygens (including phenoxy) is 2. The molecule has 0 spiro atoms. The summed E-state index contributed by atoms with van der Waals surface area (Å²) in [6, 6.07) is 10.0. The molecule has 0 N–H and O–H groups in total. The average molecular weight is 523 g/mol. The van der Waals surface area contributed by atoms with Crippen molar-refractivity contribution in [2.75, 3.05) is 30.9 Å². The molecule has 1 aromatic heterocycles. The van der Waals surface area contributed by atoms with Crippen LogP contribution in [0.15, 0.2) is 41.3 Å². The summed E-state index contributed by atoms with van der Waals surface area (Å²) >= 11 is 7.68. The molecule has 1 unspecified atom stereocenters. The maximum Gasteiger partial charge on any atom is 0.228 e. The molecule has 1 amide bonds. The number of amides is 1. The van der Waals surface area contributed by atoms with Gasteiger partial charge in [0.1, 0.15) is 5.75 Å². The Hall–Kier alpha value is -2.20. The van der Waals surface area contributed by atoms with Gasteiger partial charge in [-0.1, -0.05) is 22.9 Å². The van der Waals surface area contributed by atoms with Gasteiger partial charge in [-0.25, -0.2) is 13.4 Å². The number of sulfone groups is 1. The van der Waals surface area contributed by atoms with Crippen LogP contribution >= 0.6 is 22.9 Å². The number of aryl methyl sites for hydroxylation is 1. The van der Waals surface area contributed by atoms with E-state index >= 15 is 0 Å². The lowest BCUT2D eigenvalue weighted by molar-refractivity contribution is -0.119. The topological polar surface area (TPSA) is 85.8 Å². The highest BCUT2D eigenvalue weighted by Crippen LogP contribution is 2.34. The molecule has 2 heterocycles. The van der Waals surface area contributed by atoms with Crippen molar-refractivity contribution in [2.45, 2.75) is 43.6 Å². The van der Waals surface area contributed by atoms with Crippen molar-refractivity contribution in [3.8, 4) is 5.75 Å². The molecule has 1 atom stereocenters. The van der Waals surface area contributed by atoms with Crippen LogP contribution in [0.4, 0.5) is 5.13 Å². The number of aromatic nitrogens is 1. The van der Waals surface area contributed by atoms with Crippen molar-refractivity contribution in [3.63, 3.8) is 0 Å². The zero-order valence-electron chi connectivity index (χ0n) is 19.1. The monoisotopic (exact) mass is 522 g/mol. The third-order valence-corrected chi connectivity index (χ3v) is 9.17. The summed E-state index contributed by atoms with van der Waals surface area (Å²) < 4.78 is 37.2. The molecule has 34 heavy (non-hydrogen) atoms. The molecule has 2 aromatic carbocycles. The smallest absolute Gasteiger partial charge is 0.228 e. The maximum absolute atomic E-state index is 13.3. The van der Waals surface area contributed by atoms with Crippen LogP contribution in [0.25, 0.3) is 10.2 Å². The average Bonchev–Trinajstić information content (AvgIpc) is 3.50. The second-order valence-electron chi connectivity index (χ2n) is 8.25. The molecule has 3 aromatic rings. The first kappa shape index (κ1) is 24.9. The van der Waals surface area contributed by atoms with E-state index in [2.05, 4.69) is 0 Å². The Bertz CT molecular complexity index is 1270. The van der Waals surface area contributed by atoms with E-state index in [-0.39, 0.29) is 35.5 Å². The van der Waals surface area contributed by atoms with Gasteiger partial charge in [0, 0.05) is 18.1 Å². The predicted octanol–water partition coefficient (Wildman–Crippen LogP) is 5.03. The number of benzene rings is 2. The standard InChI is InChI=1S/C24H27ClN2O5S2/c1-16-20(25)11-12-21-23(16)26-24(33-21)27(15-18-5-3-13-32-18)22(28)6-4-14-34(29,30)19-9-7-17(31-2)8-10-19/h7-12,18H,3-6,13-15H2,1-2H3. The molecular weight excluding hydrogens is 496 g/mol. The lowest BCUT2D eigenvalue weighted by Crippen LogP contribution is -2.37. The van der Waals surface area contributed by atoms with E-state index in [4.69, 9.17) is 26.1 Å². The number of carbonyl (C=O) groups excluding carboxylic acids is 1. The number of anilines is 1. The number of nitrogens with zero attached hydrogens (tertiary/aromatic N) is 2. The number of fused-ring (bicyclic) bond motifs is 1. The highest BCUT2D eigenvalue weighted by Gasteiger charge is 2.27. The minimum Gasteiger partial charge on any atom is -0.497 e. The number of hydrogen-bond donors (Lipinski definition) is 0. The second-order valence-corrected chi connectivity index (χ2v) is 11.8. The molecule has 4 rings (SSSR count). The fourth-order valence-corrected chi connectivity index (χ4v) is 6.45. The van der Waals surface area contributed by atoms with E-state index in [1.54, 1.807) is 17.0 Å². The number of hydrogen-bond acceptors (Lipinski definition) is 7. The second kappa shape index (κ2) is 10.6. The number of methoxy groups -OCH3 is 1. The van der Waals surface area contributed by atoms with Gasteiger partial charge >= 0.3 is 0 Å². The van der Waals surface area contributed by atoms with Crippen LogP contribution in [0.2, 0.25) is 5.02 Å². The lowest BCUT2D eigenvalue weighted by atomic mass is 10.2. The van der Waals surface area contributed by atoms with Gasteiger partial charge in [-0.15, -0.1) is 0 Å². The molecular formula is C24H27ClN2O5S2. The Morgan fingerprint density at radius 1 is 1.26 bits per heavy atom. The van der Waals surface area contributed by atoms with Gasteiger partial charge in [0.2, 0.25) is 5.91 Å². The van der Waals surface area contributed by atoms with E-state index in [9.17, 15) is 13.2 Å². The first-order valence-corrected chi connectivity index (χ1v) is 14.0. The van der Waals surface area contributed by atoms with Gasteiger partial charge < -0.3 is 9.47 Å². The first-order valence-electron chi connectivity index (χ1n) is 11.1. The molecule has 1 aliphatic rings. The SMILES string of the molecule is COc1ccc(S(=O)(=O)CCCC(=O)N(CC2CCCO2)c2nc3c(C)c(Cl)ccc3s2)cc1. The highest BCUT2D eigenvalue weighted by molar-refractivity contribution is 7.91. The summed E-state index contributed by atoms with van der Waals surface area (Å²) in [5, 5.41) is 1.21. The van der Waals surface area contributed by atoms with E-state index < -0.39 is 9.84 Å².